The third-order valence-electron chi connectivity index (χ3n) is 3.79. The number of ether oxygens (including phenoxy) is 1. The average Bonchev–Trinajstić information content (AvgIpc) is 3.06. The van der Waals surface area contributed by atoms with Crippen molar-refractivity contribution in [3.63, 3.8) is 0 Å². The number of pyridine rings is 1. The van der Waals surface area contributed by atoms with E-state index >= 15 is 0 Å². The van der Waals surface area contributed by atoms with Crippen LogP contribution in [-0.4, -0.2) is 32.7 Å². The molecule has 0 aliphatic carbocycles. The largest absolute Gasteiger partial charge is 0.494 e. The van der Waals surface area contributed by atoms with E-state index in [0.29, 0.717) is 10.6 Å². The molecule has 0 saturated heterocycles. The fraction of sp³-hybridized carbons (Fsp3) is 0.263. The fourth-order valence-electron chi connectivity index (χ4n) is 2.40. The molecule has 2 heterocycles. The monoisotopic (exact) mass is 367 g/mol. The van der Waals surface area contributed by atoms with Crippen molar-refractivity contribution in [2.75, 3.05) is 6.61 Å². The van der Waals surface area contributed by atoms with E-state index in [4.69, 9.17) is 17.0 Å². The van der Waals surface area contributed by atoms with E-state index in [0.717, 1.165) is 29.9 Å². The minimum atomic E-state index is 0.427. The van der Waals surface area contributed by atoms with Crippen LogP contribution in [0.5, 0.6) is 5.75 Å². The molecule has 0 aliphatic heterocycles. The number of nitrogens with one attached hydrogen (secondary N) is 1. The van der Waals surface area contributed by atoms with Crippen molar-refractivity contribution in [1.29, 1.82) is 0 Å². The Morgan fingerprint density at radius 2 is 2.08 bits per heavy atom. The van der Waals surface area contributed by atoms with E-state index in [9.17, 15) is 0 Å². The molecule has 134 valence electrons. The van der Waals surface area contributed by atoms with Crippen LogP contribution in [0.4, 0.5) is 0 Å². The second-order valence-corrected chi connectivity index (χ2v) is 6.16. The van der Waals surface area contributed by atoms with Gasteiger partial charge in [-0.15, -0.1) is 0 Å². The molecule has 1 aromatic carbocycles. The molecule has 7 heteroatoms. The molecule has 0 aliphatic rings. The third kappa shape index (κ3) is 4.64. The average molecular weight is 367 g/mol. The van der Waals surface area contributed by atoms with Gasteiger partial charge in [0.1, 0.15) is 5.75 Å². The van der Waals surface area contributed by atoms with Crippen molar-refractivity contribution < 1.29 is 4.74 Å². The summed E-state index contributed by atoms with van der Waals surface area (Å²) in [6, 6.07) is 11.6. The second-order valence-electron chi connectivity index (χ2n) is 5.78. The van der Waals surface area contributed by atoms with Crippen molar-refractivity contribution in [2.24, 2.45) is 5.10 Å². The van der Waals surface area contributed by atoms with Crippen molar-refractivity contribution in [2.45, 2.75) is 26.2 Å². The van der Waals surface area contributed by atoms with Crippen molar-refractivity contribution in [3.05, 3.63) is 59.1 Å². The molecular weight excluding hydrogens is 346 g/mol. The van der Waals surface area contributed by atoms with Crippen LogP contribution in [0.25, 0.3) is 11.4 Å². The van der Waals surface area contributed by atoms with Gasteiger partial charge < -0.3 is 4.74 Å². The van der Waals surface area contributed by atoms with Crippen LogP contribution in [0.2, 0.25) is 0 Å². The first-order chi connectivity index (χ1) is 12.8. The van der Waals surface area contributed by atoms with Crippen LogP contribution in [-0.2, 0) is 0 Å². The lowest BCUT2D eigenvalue weighted by Gasteiger charge is -2.05. The zero-order valence-corrected chi connectivity index (χ0v) is 15.4. The smallest absolute Gasteiger partial charge is 0.216 e. The van der Waals surface area contributed by atoms with E-state index < -0.39 is 0 Å². The Morgan fingerprint density at radius 3 is 2.81 bits per heavy atom. The highest BCUT2D eigenvalue weighted by molar-refractivity contribution is 7.71. The summed E-state index contributed by atoms with van der Waals surface area (Å²) in [6.07, 6.45) is 8.64. The predicted molar refractivity (Wildman–Crippen MR) is 105 cm³/mol. The molecule has 0 amide bonds. The SMILES string of the molecule is CCCCCOc1ccc(/C=N/n2c(-c3cccnc3)n[nH]c2=S)cc1. The summed E-state index contributed by atoms with van der Waals surface area (Å²) in [6.45, 7) is 2.93. The second kappa shape index (κ2) is 9.05. The lowest BCUT2D eigenvalue weighted by atomic mass is 10.2. The number of nitrogens with zero attached hydrogens (tertiary/aromatic N) is 4. The summed E-state index contributed by atoms with van der Waals surface area (Å²) < 4.78 is 7.73. The maximum Gasteiger partial charge on any atom is 0.216 e. The van der Waals surface area contributed by atoms with Crippen molar-refractivity contribution >= 4 is 18.4 Å². The van der Waals surface area contributed by atoms with E-state index in [1.165, 1.54) is 12.8 Å². The predicted octanol–water partition coefficient (Wildman–Crippen LogP) is 4.45. The van der Waals surface area contributed by atoms with E-state index in [1.807, 2.05) is 36.4 Å². The summed E-state index contributed by atoms with van der Waals surface area (Å²) in [5.41, 5.74) is 1.79. The zero-order valence-electron chi connectivity index (χ0n) is 14.6. The Labute approximate surface area is 157 Å². The maximum absolute atomic E-state index is 5.72. The number of H-pyrrole nitrogens is 1. The molecule has 0 atom stereocenters. The van der Waals surface area contributed by atoms with Gasteiger partial charge >= 0.3 is 0 Å². The number of unbranched alkanes of at least 4 members (excludes halogenated alkanes) is 2. The van der Waals surface area contributed by atoms with E-state index in [-0.39, 0.29) is 0 Å². The summed E-state index contributed by atoms with van der Waals surface area (Å²) >= 11 is 5.27. The Bertz CT molecular complexity index is 900. The zero-order chi connectivity index (χ0) is 18.2. The lowest BCUT2D eigenvalue weighted by Crippen LogP contribution is -1.97. The highest BCUT2D eigenvalue weighted by atomic mass is 32.1. The quantitative estimate of drug-likeness (QED) is 0.363. The topological polar surface area (TPSA) is 68.1 Å². The van der Waals surface area contributed by atoms with Crippen LogP contribution in [0.15, 0.2) is 53.9 Å². The summed E-state index contributed by atoms with van der Waals surface area (Å²) in [7, 11) is 0. The van der Waals surface area contributed by atoms with Gasteiger partial charge in [-0.3, -0.25) is 4.98 Å². The maximum atomic E-state index is 5.72. The van der Waals surface area contributed by atoms with Gasteiger partial charge in [-0.2, -0.15) is 14.9 Å². The first kappa shape index (κ1) is 18.0. The normalized spacial score (nSPS) is 11.1. The number of benzene rings is 1. The van der Waals surface area contributed by atoms with Crippen LogP contribution >= 0.6 is 12.2 Å². The van der Waals surface area contributed by atoms with Gasteiger partial charge in [-0.1, -0.05) is 19.8 Å². The molecule has 2 aromatic heterocycles. The van der Waals surface area contributed by atoms with Crippen LogP contribution in [0.3, 0.4) is 0 Å². The molecule has 0 fully saturated rings. The highest BCUT2D eigenvalue weighted by Gasteiger charge is 2.07. The Hall–Kier alpha value is -2.80. The molecule has 0 unspecified atom stereocenters. The number of aromatic amines is 1. The summed E-state index contributed by atoms with van der Waals surface area (Å²) in [5.74, 6) is 1.49. The minimum absolute atomic E-state index is 0.427. The Kier molecular flexibility index (Phi) is 6.27. The molecule has 0 spiro atoms. The van der Waals surface area contributed by atoms with Gasteiger partial charge in [0.05, 0.1) is 12.8 Å². The van der Waals surface area contributed by atoms with Crippen LogP contribution in [0.1, 0.15) is 31.7 Å². The van der Waals surface area contributed by atoms with Crippen molar-refractivity contribution in [1.82, 2.24) is 19.9 Å². The van der Waals surface area contributed by atoms with Crippen LogP contribution < -0.4 is 4.74 Å². The van der Waals surface area contributed by atoms with Gasteiger partial charge in [-0.05, 0) is 60.6 Å². The first-order valence-corrected chi connectivity index (χ1v) is 9.04. The van der Waals surface area contributed by atoms with E-state index in [2.05, 4.69) is 27.2 Å². The molecule has 0 saturated carbocycles. The van der Waals surface area contributed by atoms with Gasteiger partial charge in [0.25, 0.3) is 0 Å². The van der Waals surface area contributed by atoms with Gasteiger partial charge in [0.15, 0.2) is 5.82 Å². The fourth-order valence-corrected chi connectivity index (χ4v) is 2.58. The third-order valence-corrected chi connectivity index (χ3v) is 4.05. The van der Waals surface area contributed by atoms with E-state index in [1.54, 1.807) is 23.3 Å². The summed E-state index contributed by atoms with van der Waals surface area (Å²) in [5, 5.41) is 11.5. The van der Waals surface area contributed by atoms with Crippen LogP contribution in [0, 0.1) is 4.77 Å². The number of hydrogen-bond donors (Lipinski definition) is 1. The standard InChI is InChI=1S/C19H21N5OS/c1-2-3-4-12-25-17-9-7-15(8-10-17)13-21-24-18(22-23-19(24)26)16-6-5-11-20-14-16/h5-11,13-14H,2-4,12H2,1H3,(H,23,26)/b21-13+. The molecule has 0 radical (unpaired) electrons. The molecular formula is C19H21N5OS. The van der Waals surface area contributed by atoms with Crippen molar-refractivity contribution in [3.8, 4) is 17.1 Å². The lowest BCUT2D eigenvalue weighted by molar-refractivity contribution is 0.306. The van der Waals surface area contributed by atoms with Gasteiger partial charge in [0, 0.05) is 18.0 Å². The molecule has 26 heavy (non-hydrogen) atoms. The molecule has 6 nitrogen and oxygen atoms in total. The number of hydrogen-bond acceptors (Lipinski definition) is 5. The molecule has 1 N–H and O–H groups in total. The molecule has 3 aromatic rings. The number of aromatic nitrogens is 4. The summed E-state index contributed by atoms with van der Waals surface area (Å²) in [4.78, 5) is 4.11. The first-order valence-electron chi connectivity index (χ1n) is 8.63. The Morgan fingerprint density at radius 1 is 1.23 bits per heavy atom. The molecule has 3 rings (SSSR count). The molecule has 0 bridgehead atoms. The minimum Gasteiger partial charge on any atom is -0.494 e. The Balaban J connectivity index is 1.71. The van der Waals surface area contributed by atoms with Gasteiger partial charge in [0.2, 0.25) is 4.77 Å². The highest BCUT2D eigenvalue weighted by Crippen LogP contribution is 2.16. The van der Waals surface area contributed by atoms with Gasteiger partial charge in [-0.25, -0.2) is 5.10 Å². The number of rotatable bonds is 8.